The second kappa shape index (κ2) is 13.4. The zero-order chi connectivity index (χ0) is 33.1. The van der Waals surface area contributed by atoms with Crippen molar-refractivity contribution in [1.29, 1.82) is 0 Å². The Kier molecular flexibility index (Phi) is 8.86. The second-order valence-electron chi connectivity index (χ2n) is 12.3. The number of carbonyl (C=O) groups excluding carboxylic acids is 1. The van der Waals surface area contributed by atoms with Crippen molar-refractivity contribution in [2.75, 3.05) is 27.4 Å². The predicted octanol–water partition coefficient (Wildman–Crippen LogP) is 7.33. The third kappa shape index (κ3) is 5.49. The molecule has 0 saturated carbocycles. The van der Waals surface area contributed by atoms with Crippen molar-refractivity contribution >= 4 is 6.09 Å². The first-order chi connectivity index (χ1) is 23.5. The molecule has 0 radical (unpaired) electrons. The van der Waals surface area contributed by atoms with Crippen LogP contribution in [-0.2, 0) is 24.5 Å². The second-order valence-corrected chi connectivity index (χ2v) is 12.3. The number of hydrogen-bond donors (Lipinski definition) is 1. The summed E-state index contributed by atoms with van der Waals surface area (Å²) in [4.78, 5) is 15.5. The van der Waals surface area contributed by atoms with Gasteiger partial charge < -0.3 is 24.1 Å². The number of likely N-dealkylation sites (tertiary alicyclic amines) is 1. The third-order valence-corrected chi connectivity index (χ3v) is 9.66. The predicted molar refractivity (Wildman–Crippen MR) is 183 cm³/mol. The normalized spacial score (nSPS) is 17.6. The molecule has 5 aromatic rings. The topological polar surface area (TPSA) is 77.5 Å². The Morgan fingerprint density at radius 1 is 0.688 bits per heavy atom. The number of fused-ring (bicyclic) bond motifs is 3. The minimum atomic E-state index is -1.81. The molecule has 1 heterocycles. The monoisotopic (exact) mass is 641 g/mol. The number of aliphatic hydroxyl groups is 1. The summed E-state index contributed by atoms with van der Waals surface area (Å²) >= 11 is 0. The van der Waals surface area contributed by atoms with E-state index in [2.05, 4.69) is 24.3 Å². The number of benzene rings is 5. The van der Waals surface area contributed by atoms with E-state index < -0.39 is 29.8 Å². The summed E-state index contributed by atoms with van der Waals surface area (Å²) in [6.07, 6.45) is -1.27. The van der Waals surface area contributed by atoms with Gasteiger partial charge in [0, 0.05) is 26.6 Å². The number of methoxy groups -OCH3 is 2. The molecule has 1 fully saturated rings. The molecule has 7 heteroatoms. The largest absolute Gasteiger partial charge is 0.448 e. The van der Waals surface area contributed by atoms with Crippen molar-refractivity contribution in [3.05, 3.63) is 167 Å². The van der Waals surface area contributed by atoms with E-state index in [9.17, 15) is 9.90 Å². The molecule has 0 unspecified atom stereocenters. The number of amides is 1. The summed E-state index contributed by atoms with van der Waals surface area (Å²) in [5.41, 5.74) is 5.83. The molecule has 2 atom stereocenters. The van der Waals surface area contributed by atoms with E-state index >= 15 is 0 Å². The van der Waals surface area contributed by atoms with Crippen molar-refractivity contribution < 1.29 is 28.8 Å². The van der Waals surface area contributed by atoms with Crippen LogP contribution in [0.1, 0.15) is 40.2 Å². The van der Waals surface area contributed by atoms with Gasteiger partial charge in [-0.1, -0.05) is 140 Å². The summed E-state index contributed by atoms with van der Waals surface area (Å²) < 4.78 is 25.7. The fraction of sp³-hybridized carbons (Fsp3) is 0.244. The lowest BCUT2D eigenvalue weighted by Crippen LogP contribution is -2.59. The first-order valence-electron chi connectivity index (χ1n) is 16.3. The Labute approximate surface area is 281 Å². The van der Waals surface area contributed by atoms with Crippen LogP contribution in [-0.4, -0.2) is 61.6 Å². The van der Waals surface area contributed by atoms with E-state index in [0.717, 1.165) is 38.9 Å². The molecule has 7 rings (SSSR count). The van der Waals surface area contributed by atoms with Crippen LogP contribution in [0.4, 0.5) is 4.79 Å². The van der Waals surface area contributed by atoms with Gasteiger partial charge in [-0.15, -0.1) is 0 Å². The maximum atomic E-state index is 14.1. The number of rotatable bonds is 10. The van der Waals surface area contributed by atoms with Crippen LogP contribution in [0.2, 0.25) is 0 Å². The third-order valence-electron chi connectivity index (χ3n) is 9.66. The number of nitrogens with zero attached hydrogens (tertiary/aromatic N) is 1. The van der Waals surface area contributed by atoms with Crippen molar-refractivity contribution in [3.8, 4) is 11.1 Å². The van der Waals surface area contributed by atoms with Gasteiger partial charge in [0.05, 0.1) is 12.6 Å². The van der Waals surface area contributed by atoms with Crippen LogP contribution in [0, 0.1) is 0 Å². The highest BCUT2D eigenvalue weighted by Gasteiger charge is 2.57. The van der Waals surface area contributed by atoms with E-state index in [-0.39, 0.29) is 25.5 Å². The fourth-order valence-corrected chi connectivity index (χ4v) is 7.44. The van der Waals surface area contributed by atoms with Gasteiger partial charge in [0.2, 0.25) is 0 Å². The van der Waals surface area contributed by atoms with Gasteiger partial charge >= 0.3 is 12.1 Å². The highest BCUT2D eigenvalue weighted by Crippen LogP contribution is 2.47. The Hall–Kier alpha value is -4.79. The van der Waals surface area contributed by atoms with Crippen molar-refractivity contribution in [1.82, 2.24) is 4.90 Å². The smallest absolute Gasteiger partial charge is 0.410 e. The lowest BCUT2D eigenvalue weighted by molar-refractivity contribution is -0.405. The minimum Gasteiger partial charge on any atom is -0.448 e. The quantitative estimate of drug-likeness (QED) is 0.127. The summed E-state index contributed by atoms with van der Waals surface area (Å²) in [5.74, 6) is -1.93. The summed E-state index contributed by atoms with van der Waals surface area (Å²) in [6.45, 7) is 0.177. The molecule has 48 heavy (non-hydrogen) atoms. The first kappa shape index (κ1) is 31.8. The molecule has 0 bridgehead atoms. The number of ether oxygens (including phenoxy) is 4. The van der Waals surface area contributed by atoms with Crippen LogP contribution in [0.3, 0.4) is 0 Å². The molecule has 0 aromatic heterocycles. The van der Waals surface area contributed by atoms with Crippen LogP contribution in [0.5, 0.6) is 0 Å². The summed E-state index contributed by atoms with van der Waals surface area (Å²) in [6, 6.07) is 45.2. The molecular weight excluding hydrogens is 602 g/mol. The van der Waals surface area contributed by atoms with E-state index in [0.29, 0.717) is 0 Å². The van der Waals surface area contributed by atoms with E-state index in [1.54, 1.807) is 0 Å². The number of β-amino-alcohol motifs (C(OH)–C–C–N with tert-alkyl or cyclic N) is 1. The van der Waals surface area contributed by atoms with Gasteiger partial charge in [-0.25, -0.2) is 4.79 Å². The molecule has 244 valence electrons. The van der Waals surface area contributed by atoms with Gasteiger partial charge in [0.15, 0.2) is 0 Å². The van der Waals surface area contributed by atoms with Gasteiger partial charge in [-0.2, -0.15) is 0 Å². The SMILES string of the molecule is COC(OC)(OC(c1ccccc1)(c1ccccc1)c1ccccc1)[C@@H]1C[C@@H](O)CN1C(=O)OCC1c2ccccc2-c2ccccc21. The van der Waals surface area contributed by atoms with Crippen LogP contribution >= 0.6 is 0 Å². The standard InChI is InChI=1S/C41H39NO6/c1-45-41(46-2,48-40(29-16-6-3-7-17-29,30-18-8-4-9-19-30)31-20-10-5-11-21-31)38-26-32(43)27-42(38)39(44)47-28-37-35-24-14-12-22-33(35)34-23-13-15-25-36(34)37/h3-25,32,37-38,43H,26-28H2,1-2H3/t32-,38+/m1/s1. The number of aliphatic hydroxyl groups excluding tert-OH is 1. The molecular formula is C41H39NO6. The highest BCUT2D eigenvalue weighted by atomic mass is 16.9. The molecule has 1 amide bonds. The Bertz CT molecular complexity index is 1700. The average Bonchev–Trinajstić information content (AvgIpc) is 3.71. The average molecular weight is 642 g/mol. The molecule has 7 nitrogen and oxygen atoms in total. The zero-order valence-corrected chi connectivity index (χ0v) is 27.1. The van der Waals surface area contributed by atoms with Crippen LogP contribution in [0.25, 0.3) is 11.1 Å². The van der Waals surface area contributed by atoms with Gasteiger partial charge in [0.25, 0.3) is 0 Å². The highest BCUT2D eigenvalue weighted by molar-refractivity contribution is 5.79. The maximum absolute atomic E-state index is 14.1. The van der Waals surface area contributed by atoms with Crippen molar-refractivity contribution in [2.24, 2.45) is 0 Å². The Morgan fingerprint density at radius 2 is 1.12 bits per heavy atom. The lowest BCUT2D eigenvalue weighted by Gasteiger charge is -2.46. The molecule has 5 aromatic carbocycles. The Balaban J connectivity index is 1.25. The van der Waals surface area contributed by atoms with Gasteiger partial charge in [-0.3, -0.25) is 4.90 Å². The minimum absolute atomic E-state index is 0.0359. The lowest BCUT2D eigenvalue weighted by atomic mass is 9.80. The zero-order valence-electron chi connectivity index (χ0n) is 27.1. The first-order valence-corrected chi connectivity index (χ1v) is 16.3. The molecule has 1 N–H and O–H groups in total. The molecule has 2 aliphatic rings. The molecule has 1 aliphatic heterocycles. The summed E-state index contributed by atoms with van der Waals surface area (Å²) in [7, 11) is 2.99. The van der Waals surface area contributed by atoms with Gasteiger partial charge in [-0.05, 0) is 38.9 Å². The van der Waals surface area contributed by atoms with E-state index in [1.807, 2.05) is 115 Å². The number of hydrogen-bond acceptors (Lipinski definition) is 6. The van der Waals surface area contributed by atoms with E-state index in [1.165, 1.54) is 19.1 Å². The summed E-state index contributed by atoms with van der Waals surface area (Å²) in [5, 5.41) is 11.0. The van der Waals surface area contributed by atoms with Gasteiger partial charge in [0.1, 0.15) is 18.2 Å². The van der Waals surface area contributed by atoms with Crippen LogP contribution < -0.4 is 0 Å². The fourth-order valence-electron chi connectivity index (χ4n) is 7.44. The molecule has 1 aliphatic carbocycles. The van der Waals surface area contributed by atoms with Crippen molar-refractivity contribution in [2.45, 2.75) is 36.1 Å². The molecule has 0 spiro atoms. The van der Waals surface area contributed by atoms with Crippen LogP contribution in [0.15, 0.2) is 140 Å². The van der Waals surface area contributed by atoms with Crippen molar-refractivity contribution in [3.63, 3.8) is 0 Å². The Morgan fingerprint density at radius 3 is 1.58 bits per heavy atom. The number of carbonyl (C=O) groups is 1. The van der Waals surface area contributed by atoms with E-state index in [4.69, 9.17) is 18.9 Å². The molecule has 1 saturated heterocycles. The maximum Gasteiger partial charge on any atom is 0.410 e.